The van der Waals surface area contributed by atoms with E-state index in [1.165, 1.54) is 22.3 Å². The number of hydrogen-bond acceptors (Lipinski definition) is 3. The van der Waals surface area contributed by atoms with Crippen molar-refractivity contribution < 1.29 is 10.0 Å². The molecule has 4 rings (SSSR count). The van der Waals surface area contributed by atoms with Crippen molar-refractivity contribution in [3.8, 4) is 28.3 Å². The van der Waals surface area contributed by atoms with Crippen LogP contribution < -0.4 is 5.46 Å². The number of fused-ring (bicyclic) bond motifs is 3. The summed E-state index contributed by atoms with van der Waals surface area (Å²) < 4.78 is 0. The van der Waals surface area contributed by atoms with Crippen LogP contribution in [0, 0.1) is 11.3 Å². The normalized spacial score (nSPS) is 13.7. The molecule has 1 aliphatic rings. The van der Waals surface area contributed by atoms with Crippen LogP contribution in [0.15, 0.2) is 60.7 Å². The van der Waals surface area contributed by atoms with Gasteiger partial charge in [-0.25, -0.2) is 0 Å². The van der Waals surface area contributed by atoms with E-state index in [0.717, 1.165) is 11.1 Å². The minimum absolute atomic E-state index is 0.193. The molecular weight excluding hydrogens is 321 g/mol. The van der Waals surface area contributed by atoms with Gasteiger partial charge in [-0.1, -0.05) is 56.3 Å². The van der Waals surface area contributed by atoms with Crippen molar-refractivity contribution in [2.24, 2.45) is 0 Å². The molecule has 4 heteroatoms. The van der Waals surface area contributed by atoms with Crippen molar-refractivity contribution in [1.29, 1.82) is 5.26 Å². The van der Waals surface area contributed by atoms with Gasteiger partial charge in [-0.05, 0) is 57.0 Å². The first-order valence-corrected chi connectivity index (χ1v) is 8.58. The van der Waals surface area contributed by atoms with E-state index in [-0.39, 0.29) is 5.41 Å². The van der Waals surface area contributed by atoms with Gasteiger partial charge >= 0.3 is 7.12 Å². The summed E-state index contributed by atoms with van der Waals surface area (Å²) in [4.78, 5) is 0. The molecule has 0 saturated heterocycles. The lowest BCUT2D eigenvalue weighted by molar-refractivity contribution is 0.426. The average Bonchev–Trinajstić information content (AvgIpc) is 2.88. The van der Waals surface area contributed by atoms with Gasteiger partial charge in [0.2, 0.25) is 0 Å². The molecule has 0 amide bonds. The Bertz CT molecular complexity index is 1060. The summed E-state index contributed by atoms with van der Waals surface area (Å²) in [5.74, 6) is 0. The number of nitriles is 1. The summed E-state index contributed by atoms with van der Waals surface area (Å²) in [6.45, 7) is 4.35. The van der Waals surface area contributed by atoms with Gasteiger partial charge in [0.05, 0.1) is 11.6 Å². The average molecular weight is 339 g/mol. The quantitative estimate of drug-likeness (QED) is 0.705. The molecule has 0 aromatic heterocycles. The fraction of sp³-hybridized carbons (Fsp3) is 0.136. The van der Waals surface area contributed by atoms with E-state index in [4.69, 9.17) is 0 Å². The minimum atomic E-state index is -1.48. The Labute approximate surface area is 153 Å². The Morgan fingerprint density at radius 1 is 0.846 bits per heavy atom. The largest absolute Gasteiger partial charge is 0.488 e. The van der Waals surface area contributed by atoms with Crippen molar-refractivity contribution in [2.75, 3.05) is 0 Å². The standard InChI is InChI=1S/C22H18BNO2/c1-22(2)20-10-14(13-24)6-8-18(20)19-9-7-16(12-21(19)22)15-4-3-5-17(11-15)23(25)26/h3-12,25-26H,1-2H3. The maximum atomic E-state index is 9.43. The van der Waals surface area contributed by atoms with E-state index in [0.29, 0.717) is 11.0 Å². The van der Waals surface area contributed by atoms with Crippen LogP contribution in [0.2, 0.25) is 0 Å². The Morgan fingerprint density at radius 3 is 2.19 bits per heavy atom. The van der Waals surface area contributed by atoms with Gasteiger partial charge in [0, 0.05) is 5.41 Å². The molecule has 26 heavy (non-hydrogen) atoms. The first-order chi connectivity index (χ1) is 12.4. The highest BCUT2D eigenvalue weighted by atomic mass is 16.4. The second-order valence-electron chi connectivity index (χ2n) is 7.26. The zero-order valence-electron chi connectivity index (χ0n) is 14.7. The second-order valence-corrected chi connectivity index (χ2v) is 7.26. The molecule has 0 saturated carbocycles. The fourth-order valence-corrected chi connectivity index (χ4v) is 3.87. The van der Waals surface area contributed by atoms with Gasteiger partial charge in [0.15, 0.2) is 0 Å². The molecule has 3 aromatic rings. The monoisotopic (exact) mass is 339 g/mol. The molecule has 0 aliphatic heterocycles. The molecule has 0 spiro atoms. The zero-order chi connectivity index (χ0) is 18.5. The summed E-state index contributed by atoms with van der Waals surface area (Å²) in [6, 6.07) is 21.8. The molecular formula is C22H18BNO2. The van der Waals surface area contributed by atoms with Crippen LogP contribution in [-0.4, -0.2) is 17.2 Å². The maximum Gasteiger partial charge on any atom is 0.488 e. The highest BCUT2D eigenvalue weighted by Crippen LogP contribution is 2.49. The van der Waals surface area contributed by atoms with E-state index < -0.39 is 7.12 Å². The third kappa shape index (κ3) is 2.45. The predicted octanol–water partition coefficient (Wildman–Crippen LogP) is 3.21. The van der Waals surface area contributed by atoms with Crippen molar-refractivity contribution in [1.82, 2.24) is 0 Å². The van der Waals surface area contributed by atoms with E-state index >= 15 is 0 Å². The smallest absolute Gasteiger partial charge is 0.423 e. The van der Waals surface area contributed by atoms with Crippen molar-refractivity contribution in [2.45, 2.75) is 19.3 Å². The van der Waals surface area contributed by atoms with Crippen molar-refractivity contribution in [3.63, 3.8) is 0 Å². The SMILES string of the molecule is CC1(C)c2cc(C#N)ccc2-c2ccc(-c3cccc(B(O)O)c3)cc21. The molecule has 0 unspecified atom stereocenters. The summed E-state index contributed by atoms with van der Waals surface area (Å²) in [6.07, 6.45) is 0. The highest BCUT2D eigenvalue weighted by Gasteiger charge is 2.35. The fourth-order valence-electron chi connectivity index (χ4n) is 3.87. The maximum absolute atomic E-state index is 9.43. The number of nitrogens with zero attached hydrogens (tertiary/aromatic N) is 1. The molecule has 0 atom stereocenters. The lowest BCUT2D eigenvalue weighted by Gasteiger charge is -2.22. The van der Waals surface area contributed by atoms with Crippen LogP contribution in [-0.2, 0) is 5.41 Å². The second kappa shape index (κ2) is 5.84. The number of rotatable bonds is 2. The lowest BCUT2D eigenvalue weighted by atomic mass is 9.78. The van der Waals surface area contributed by atoms with Crippen molar-refractivity contribution in [3.05, 3.63) is 77.4 Å². The first kappa shape index (κ1) is 16.6. The number of hydrogen-bond donors (Lipinski definition) is 2. The summed E-state index contributed by atoms with van der Waals surface area (Å²) in [7, 11) is -1.48. The molecule has 0 heterocycles. The van der Waals surface area contributed by atoms with Crippen LogP contribution in [0.5, 0.6) is 0 Å². The van der Waals surface area contributed by atoms with E-state index in [1.807, 2.05) is 30.3 Å². The molecule has 0 bridgehead atoms. The summed E-state index contributed by atoms with van der Waals surface area (Å²) in [5, 5.41) is 28.1. The van der Waals surface area contributed by atoms with Gasteiger partial charge < -0.3 is 10.0 Å². The third-order valence-corrected chi connectivity index (χ3v) is 5.32. The van der Waals surface area contributed by atoms with Crippen LogP contribution in [0.25, 0.3) is 22.3 Å². The van der Waals surface area contributed by atoms with Crippen LogP contribution >= 0.6 is 0 Å². The zero-order valence-corrected chi connectivity index (χ0v) is 14.7. The first-order valence-electron chi connectivity index (χ1n) is 8.58. The van der Waals surface area contributed by atoms with Crippen LogP contribution in [0.4, 0.5) is 0 Å². The Balaban J connectivity index is 1.86. The highest BCUT2D eigenvalue weighted by molar-refractivity contribution is 6.58. The molecule has 0 fully saturated rings. The summed E-state index contributed by atoms with van der Waals surface area (Å²) >= 11 is 0. The molecule has 2 N–H and O–H groups in total. The van der Waals surface area contributed by atoms with E-state index in [2.05, 4.69) is 38.1 Å². The molecule has 1 aliphatic carbocycles. The van der Waals surface area contributed by atoms with E-state index in [1.54, 1.807) is 12.1 Å². The molecule has 3 nitrogen and oxygen atoms in total. The topological polar surface area (TPSA) is 64.2 Å². The Kier molecular flexibility index (Phi) is 3.73. The van der Waals surface area contributed by atoms with Gasteiger partial charge in [-0.2, -0.15) is 5.26 Å². The van der Waals surface area contributed by atoms with Crippen LogP contribution in [0.3, 0.4) is 0 Å². The van der Waals surface area contributed by atoms with Crippen molar-refractivity contribution >= 4 is 12.6 Å². The molecule has 0 radical (unpaired) electrons. The molecule has 3 aromatic carbocycles. The van der Waals surface area contributed by atoms with Gasteiger partial charge in [0.25, 0.3) is 0 Å². The Hall–Kier alpha value is -2.87. The third-order valence-electron chi connectivity index (χ3n) is 5.32. The van der Waals surface area contributed by atoms with Gasteiger partial charge in [0.1, 0.15) is 0 Å². The minimum Gasteiger partial charge on any atom is -0.423 e. The number of benzene rings is 3. The lowest BCUT2D eigenvalue weighted by Crippen LogP contribution is -2.29. The van der Waals surface area contributed by atoms with E-state index in [9.17, 15) is 15.3 Å². The van der Waals surface area contributed by atoms with Gasteiger partial charge in [-0.3, -0.25) is 0 Å². The molecule has 126 valence electrons. The van der Waals surface area contributed by atoms with Crippen LogP contribution in [0.1, 0.15) is 30.5 Å². The summed E-state index contributed by atoms with van der Waals surface area (Å²) in [5.41, 5.74) is 7.70. The predicted molar refractivity (Wildman–Crippen MR) is 104 cm³/mol. The van der Waals surface area contributed by atoms with Gasteiger partial charge in [-0.15, -0.1) is 0 Å². The Morgan fingerprint density at radius 2 is 1.50 bits per heavy atom.